The number of fused-ring (bicyclic) bond motifs is 2. The lowest BCUT2D eigenvalue weighted by Crippen LogP contribution is -2.51. The Hall–Kier alpha value is -3.40. The summed E-state index contributed by atoms with van der Waals surface area (Å²) in [6, 6.07) is 6.79. The van der Waals surface area contributed by atoms with Crippen LogP contribution in [0.1, 0.15) is 58.8 Å². The van der Waals surface area contributed by atoms with Crippen LogP contribution < -0.4 is 21.3 Å². The third kappa shape index (κ3) is 6.04. The second-order valence-corrected chi connectivity index (χ2v) is 9.57. The first kappa shape index (κ1) is 27.2. The number of rotatable bonds is 7. The number of nitrogens with one attached hydrogen (secondary N) is 1. The molecule has 1 aromatic heterocycles. The van der Waals surface area contributed by atoms with Gasteiger partial charge in [-0.05, 0) is 33.8 Å². The Morgan fingerprint density at radius 2 is 1.86 bits per heavy atom. The van der Waals surface area contributed by atoms with Crippen molar-refractivity contribution in [2.45, 2.75) is 79.0 Å². The van der Waals surface area contributed by atoms with Crippen molar-refractivity contribution in [3.63, 3.8) is 0 Å². The molecule has 2 heterocycles. The molecule has 0 saturated heterocycles. The highest BCUT2D eigenvalue weighted by Gasteiger charge is 2.31. The predicted octanol–water partition coefficient (Wildman–Crippen LogP) is 2.47. The zero-order valence-corrected chi connectivity index (χ0v) is 22.0. The first-order valence-electron chi connectivity index (χ1n) is 12.2. The number of nitrogens with zero attached hydrogens (tertiary/aromatic N) is 3. The van der Waals surface area contributed by atoms with Gasteiger partial charge < -0.3 is 19.6 Å². The van der Waals surface area contributed by atoms with Crippen LogP contribution in [0.3, 0.4) is 0 Å². The fraction of sp³-hybridized carbons (Fsp3) is 0.538. The van der Waals surface area contributed by atoms with E-state index in [1.54, 1.807) is 27.9 Å². The van der Waals surface area contributed by atoms with Crippen molar-refractivity contribution in [2.75, 3.05) is 7.11 Å². The number of methoxy groups -OCH3 is 1. The summed E-state index contributed by atoms with van der Waals surface area (Å²) in [7, 11) is 1.57. The first-order chi connectivity index (χ1) is 17.0. The quantitative estimate of drug-likeness (QED) is 0.462. The molecule has 10 nitrogen and oxygen atoms in total. The molecular weight excluding hydrogens is 464 g/mol. The van der Waals surface area contributed by atoms with Crippen molar-refractivity contribution in [3.8, 4) is 5.75 Å². The highest BCUT2D eigenvalue weighted by atomic mass is 16.6. The van der Waals surface area contributed by atoms with Gasteiger partial charge in [0.2, 0.25) is 5.91 Å². The Labute approximate surface area is 210 Å². The number of carbonyl (C=O) groups is 1. The van der Waals surface area contributed by atoms with E-state index in [0.717, 1.165) is 10.1 Å². The number of carbonyl (C=O) groups excluding carboxylic acids is 1. The molecule has 0 radical (unpaired) electrons. The summed E-state index contributed by atoms with van der Waals surface area (Å²) in [6.45, 7) is 10.8. The molecule has 0 spiro atoms. The van der Waals surface area contributed by atoms with Gasteiger partial charge in [0.05, 0.1) is 43.6 Å². The fourth-order valence-corrected chi connectivity index (χ4v) is 3.96. The van der Waals surface area contributed by atoms with Crippen molar-refractivity contribution in [2.24, 2.45) is 11.1 Å². The van der Waals surface area contributed by atoms with Crippen LogP contribution in [0.25, 0.3) is 0 Å². The molecule has 0 fully saturated rings. The Kier molecular flexibility index (Phi) is 8.73. The van der Waals surface area contributed by atoms with Gasteiger partial charge in [-0.15, -0.1) is 0 Å². The van der Waals surface area contributed by atoms with Gasteiger partial charge >= 0.3 is 5.69 Å². The van der Waals surface area contributed by atoms with Gasteiger partial charge in [-0.2, -0.15) is 0 Å². The zero-order valence-electron chi connectivity index (χ0n) is 22.0. The van der Waals surface area contributed by atoms with Crippen molar-refractivity contribution in [1.82, 2.24) is 14.5 Å². The van der Waals surface area contributed by atoms with Gasteiger partial charge in [0, 0.05) is 17.7 Å². The smallest absolute Gasteiger partial charge is 0.331 e. The second-order valence-electron chi connectivity index (χ2n) is 9.57. The summed E-state index contributed by atoms with van der Waals surface area (Å²) in [6.07, 6.45) is 0.210. The van der Waals surface area contributed by atoms with Gasteiger partial charge in [0.1, 0.15) is 18.0 Å². The van der Waals surface area contributed by atoms with E-state index in [-0.39, 0.29) is 36.6 Å². The average Bonchev–Trinajstić information content (AvgIpc) is 2.87. The van der Waals surface area contributed by atoms with Gasteiger partial charge in [-0.3, -0.25) is 18.7 Å². The van der Waals surface area contributed by atoms with E-state index in [1.165, 1.54) is 10.8 Å². The molecule has 2 bridgehead atoms. The van der Waals surface area contributed by atoms with E-state index < -0.39 is 29.5 Å². The maximum atomic E-state index is 13.5. The molecular formula is C26H36N4O6. The van der Waals surface area contributed by atoms with Crippen LogP contribution in [-0.4, -0.2) is 46.1 Å². The summed E-state index contributed by atoms with van der Waals surface area (Å²) < 4.78 is 14.6. The molecule has 196 valence electrons. The lowest BCUT2D eigenvalue weighted by molar-refractivity contribution is -0.126. The normalized spacial score (nSPS) is 20.5. The Morgan fingerprint density at radius 3 is 2.50 bits per heavy atom. The minimum Gasteiger partial charge on any atom is -0.496 e. The van der Waals surface area contributed by atoms with Crippen LogP contribution in [0.4, 0.5) is 0 Å². The van der Waals surface area contributed by atoms with E-state index in [2.05, 4.69) is 10.5 Å². The van der Waals surface area contributed by atoms with E-state index in [1.807, 2.05) is 45.0 Å². The summed E-state index contributed by atoms with van der Waals surface area (Å²) >= 11 is 0. The molecule has 0 aliphatic carbocycles. The van der Waals surface area contributed by atoms with Crippen molar-refractivity contribution < 1.29 is 19.1 Å². The molecule has 1 amide bonds. The minimum atomic E-state index is -0.631. The molecule has 3 rings (SSSR count). The van der Waals surface area contributed by atoms with Gasteiger partial charge in [-0.1, -0.05) is 37.2 Å². The average molecular weight is 501 g/mol. The topological polar surface area (TPSA) is 113 Å². The SMILES string of the molecule is COc1ccccc1C1Cn2cc(/C(C)=N/OC(C)C)c(=O)n(c2=O)C[C@@H](NC(=O)C(C)C)C(C)O1. The standard InChI is InChI=1S/C26H36N4O6/c1-15(2)24(31)27-21-13-30-25(32)20(17(5)28-36-16(3)4)12-29(26(30)33)14-23(35-18(21)6)19-10-8-9-11-22(19)34-7/h8-12,15-16,18,21,23H,13-14H2,1-7H3,(H,27,31)/b28-17+/t18?,21-,23?/m1/s1. The molecule has 1 aromatic carbocycles. The van der Waals surface area contributed by atoms with Crippen molar-refractivity contribution >= 4 is 11.6 Å². The highest BCUT2D eigenvalue weighted by molar-refractivity contribution is 5.97. The monoisotopic (exact) mass is 500 g/mol. The Bertz CT molecular complexity index is 1230. The van der Waals surface area contributed by atoms with Crippen LogP contribution >= 0.6 is 0 Å². The van der Waals surface area contributed by atoms with E-state index >= 15 is 0 Å². The lowest BCUT2D eigenvalue weighted by Gasteiger charge is -2.29. The third-order valence-electron chi connectivity index (χ3n) is 6.05. The van der Waals surface area contributed by atoms with Crippen molar-refractivity contribution in [3.05, 3.63) is 62.4 Å². The molecule has 1 aliphatic heterocycles. The molecule has 2 unspecified atom stereocenters. The number of aromatic nitrogens is 2. The second kappa shape index (κ2) is 11.6. The van der Waals surface area contributed by atoms with E-state index in [9.17, 15) is 14.4 Å². The molecule has 1 N–H and O–H groups in total. The lowest BCUT2D eigenvalue weighted by atomic mass is 10.1. The number of oxime groups is 1. The molecule has 1 aliphatic rings. The van der Waals surface area contributed by atoms with E-state index in [0.29, 0.717) is 11.5 Å². The number of amides is 1. The highest BCUT2D eigenvalue weighted by Crippen LogP contribution is 2.30. The predicted molar refractivity (Wildman–Crippen MR) is 136 cm³/mol. The molecule has 36 heavy (non-hydrogen) atoms. The maximum Gasteiger partial charge on any atom is 0.331 e. The first-order valence-corrected chi connectivity index (χ1v) is 12.2. The Morgan fingerprint density at radius 1 is 1.17 bits per heavy atom. The summed E-state index contributed by atoms with van der Waals surface area (Å²) in [5, 5.41) is 7.04. The minimum absolute atomic E-state index is 0.0535. The number of para-hydroxylation sites is 1. The number of hydrogen-bond donors (Lipinski definition) is 1. The molecule has 10 heteroatoms. The summed E-state index contributed by atoms with van der Waals surface area (Å²) in [5.74, 6) is 0.134. The summed E-state index contributed by atoms with van der Waals surface area (Å²) in [4.78, 5) is 44.9. The van der Waals surface area contributed by atoms with Gasteiger partial charge in [-0.25, -0.2) is 4.79 Å². The van der Waals surface area contributed by atoms with Crippen LogP contribution in [-0.2, 0) is 27.5 Å². The van der Waals surface area contributed by atoms with Crippen LogP contribution in [0, 0.1) is 5.92 Å². The number of ether oxygens (including phenoxy) is 2. The van der Waals surface area contributed by atoms with Gasteiger partial charge in [0.15, 0.2) is 0 Å². The van der Waals surface area contributed by atoms with E-state index in [4.69, 9.17) is 14.3 Å². The van der Waals surface area contributed by atoms with Gasteiger partial charge in [0.25, 0.3) is 5.56 Å². The largest absolute Gasteiger partial charge is 0.496 e. The Balaban J connectivity index is 2.20. The zero-order chi connectivity index (χ0) is 26.6. The third-order valence-corrected chi connectivity index (χ3v) is 6.05. The summed E-state index contributed by atoms with van der Waals surface area (Å²) in [5.41, 5.74) is 0.334. The van der Waals surface area contributed by atoms with Crippen LogP contribution in [0.2, 0.25) is 0 Å². The number of hydrogen-bond acceptors (Lipinski definition) is 7. The number of benzene rings is 1. The molecule has 2 aromatic rings. The molecule has 0 saturated carbocycles. The van der Waals surface area contributed by atoms with Crippen molar-refractivity contribution in [1.29, 1.82) is 0 Å². The molecule has 3 atom stereocenters. The fourth-order valence-electron chi connectivity index (χ4n) is 3.96. The van der Waals surface area contributed by atoms with Crippen LogP contribution in [0.5, 0.6) is 5.75 Å². The van der Waals surface area contributed by atoms with Crippen LogP contribution in [0.15, 0.2) is 45.2 Å². The maximum absolute atomic E-state index is 13.5.